The Hall–Kier alpha value is -1.07. The van der Waals surface area contributed by atoms with Crippen molar-refractivity contribution < 1.29 is 9.53 Å². The number of nitrogens with two attached hydrogens (primary N) is 1. The zero-order valence-electron chi connectivity index (χ0n) is 13.3. The third-order valence-electron chi connectivity index (χ3n) is 4.21. The van der Waals surface area contributed by atoms with E-state index in [9.17, 15) is 4.79 Å². The first-order valence-corrected chi connectivity index (χ1v) is 8.69. The lowest BCUT2D eigenvalue weighted by molar-refractivity contribution is -0.133. The van der Waals surface area contributed by atoms with Crippen LogP contribution in [0.3, 0.4) is 0 Å². The molecule has 1 saturated heterocycles. The molecule has 1 fully saturated rings. The summed E-state index contributed by atoms with van der Waals surface area (Å²) >= 11 is 3.48. The molecule has 1 aliphatic rings. The van der Waals surface area contributed by atoms with E-state index >= 15 is 0 Å². The number of halogens is 1. The predicted molar refractivity (Wildman–Crippen MR) is 91.9 cm³/mol. The first kappa shape index (κ1) is 17.3. The Morgan fingerprint density at radius 3 is 3.00 bits per heavy atom. The van der Waals surface area contributed by atoms with E-state index in [4.69, 9.17) is 10.5 Å². The molecule has 0 bridgehead atoms. The molecule has 5 heteroatoms. The number of likely N-dealkylation sites (tertiary alicyclic amines) is 1. The highest BCUT2D eigenvalue weighted by molar-refractivity contribution is 9.10. The first-order valence-electron chi connectivity index (χ1n) is 7.89. The summed E-state index contributed by atoms with van der Waals surface area (Å²) in [6, 6.07) is 6.08. The van der Waals surface area contributed by atoms with E-state index in [0.717, 1.165) is 36.2 Å². The van der Waals surface area contributed by atoms with Crippen molar-refractivity contribution in [1.82, 2.24) is 4.90 Å². The summed E-state index contributed by atoms with van der Waals surface area (Å²) in [5, 5.41) is 0. The van der Waals surface area contributed by atoms with Crippen LogP contribution in [-0.4, -0.2) is 36.5 Å². The third-order valence-corrected chi connectivity index (χ3v) is 4.83. The van der Waals surface area contributed by atoms with Gasteiger partial charge < -0.3 is 15.4 Å². The molecule has 0 spiro atoms. The summed E-state index contributed by atoms with van der Waals surface area (Å²) < 4.78 is 6.63. The maximum Gasteiger partial charge on any atom is 0.226 e. The molecule has 2 unspecified atom stereocenters. The van der Waals surface area contributed by atoms with Gasteiger partial charge in [-0.05, 0) is 66.2 Å². The van der Waals surface area contributed by atoms with Crippen LogP contribution in [0.2, 0.25) is 0 Å². The number of hydrogen-bond acceptors (Lipinski definition) is 3. The van der Waals surface area contributed by atoms with Crippen LogP contribution in [0.25, 0.3) is 0 Å². The second-order valence-corrected chi connectivity index (χ2v) is 6.99. The number of carbonyl (C=O) groups excluding carboxylic acids is 1. The summed E-state index contributed by atoms with van der Waals surface area (Å²) in [5.41, 5.74) is 7.14. The van der Waals surface area contributed by atoms with Gasteiger partial charge in [-0.2, -0.15) is 0 Å². The minimum atomic E-state index is 0.148. The molecule has 1 aromatic carbocycles. The molecule has 2 rings (SSSR count). The summed E-state index contributed by atoms with van der Waals surface area (Å²) in [6.45, 7) is 6.08. The number of nitrogens with zero attached hydrogens (tertiary/aromatic N) is 1. The quantitative estimate of drug-likeness (QED) is 0.868. The summed E-state index contributed by atoms with van der Waals surface area (Å²) in [6.07, 6.45) is 2.57. The molecule has 2 N–H and O–H groups in total. The Morgan fingerprint density at radius 2 is 2.32 bits per heavy atom. The molecule has 1 aliphatic heterocycles. The predicted octanol–water partition coefficient (Wildman–Crippen LogP) is 3.11. The van der Waals surface area contributed by atoms with Gasteiger partial charge in [0.05, 0.1) is 17.5 Å². The molecule has 0 saturated carbocycles. The normalized spacial score (nSPS) is 19.8. The summed E-state index contributed by atoms with van der Waals surface area (Å²) in [5.74, 6) is 1.36. The number of ether oxygens (including phenoxy) is 1. The van der Waals surface area contributed by atoms with Crippen LogP contribution >= 0.6 is 15.9 Å². The zero-order valence-corrected chi connectivity index (χ0v) is 14.9. The number of amides is 1. The lowest BCUT2D eigenvalue weighted by atomic mass is 9.92. The van der Waals surface area contributed by atoms with Crippen molar-refractivity contribution in [3.05, 3.63) is 28.2 Å². The zero-order chi connectivity index (χ0) is 16.1. The fraction of sp³-hybridized carbons (Fsp3) is 0.588. The molecule has 2 atom stereocenters. The molecule has 0 aliphatic carbocycles. The van der Waals surface area contributed by atoms with E-state index in [1.807, 2.05) is 36.9 Å². The van der Waals surface area contributed by atoms with E-state index < -0.39 is 0 Å². The Labute approximate surface area is 141 Å². The van der Waals surface area contributed by atoms with Crippen molar-refractivity contribution in [1.29, 1.82) is 0 Å². The smallest absolute Gasteiger partial charge is 0.226 e. The molecule has 0 aromatic heterocycles. The van der Waals surface area contributed by atoms with Crippen LogP contribution in [0.4, 0.5) is 0 Å². The van der Waals surface area contributed by atoms with Gasteiger partial charge in [-0.25, -0.2) is 0 Å². The second kappa shape index (κ2) is 7.97. The summed E-state index contributed by atoms with van der Waals surface area (Å²) in [4.78, 5) is 14.2. The van der Waals surface area contributed by atoms with E-state index in [2.05, 4.69) is 15.9 Å². The van der Waals surface area contributed by atoms with Crippen molar-refractivity contribution in [3.63, 3.8) is 0 Å². The molecule has 22 heavy (non-hydrogen) atoms. The van der Waals surface area contributed by atoms with Gasteiger partial charge in [0.2, 0.25) is 5.91 Å². The highest BCUT2D eigenvalue weighted by atomic mass is 79.9. The Kier molecular flexibility index (Phi) is 6.26. The topological polar surface area (TPSA) is 55.6 Å². The Morgan fingerprint density at radius 1 is 1.55 bits per heavy atom. The van der Waals surface area contributed by atoms with Crippen molar-refractivity contribution in [2.45, 2.75) is 39.2 Å². The largest absolute Gasteiger partial charge is 0.492 e. The standard InChI is InChI=1S/C17H25BrN2O2/c1-12-5-6-16(15(18)10-12)22-9-7-17(21)20-8-3-4-14(11-20)13(2)19/h5-6,10,13-14H,3-4,7-9,11,19H2,1-2H3. The minimum Gasteiger partial charge on any atom is -0.492 e. The minimum absolute atomic E-state index is 0.148. The second-order valence-electron chi connectivity index (χ2n) is 6.13. The fourth-order valence-electron chi connectivity index (χ4n) is 2.80. The van der Waals surface area contributed by atoms with Crippen molar-refractivity contribution in [3.8, 4) is 5.75 Å². The molecular weight excluding hydrogens is 344 g/mol. The highest BCUT2D eigenvalue weighted by Crippen LogP contribution is 2.26. The molecule has 1 heterocycles. The van der Waals surface area contributed by atoms with Crippen LogP contribution < -0.4 is 10.5 Å². The average Bonchev–Trinajstić information content (AvgIpc) is 2.49. The van der Waals surface area contributed by atoms with E-state index in [0.29, 0.717) is 18.9 Å². The van der Waals surface area contributed by atoms with Crippen molar-refractivity contribution in [2.24, 2.45) is 11.7 Å². The molecule has 1 aromatic rings. The molecule has 122 valence electrons. The lowest BCUT2D eigenvalue weighted by Crippen LogP contribution is -2.45. The van der Waals surface area contributed by atoms with Gasteiger partial charge in [0, 0.05) is 19.1 Å². The fourth-order valence-corrected chi connectivity index (χ4v) is 3.40. The van der Waals surface area contributed by atoms with Gasteiger partial charge in [0.25, 0.3) is 0 Å². The van der Waals surface area contributed by atoms with Crippen LogP contribution in [0.1, 0.15) is 31.7 Å². The molecule has 0 radical (unpaired) electrons. The van der Waals surface area contributed by atoms with Gasteiger partial charge >= 0.3 is 0 Å². The maximum atomic E-state index is 12.3. The number of carbonyl (C=O) groups is 1. The average molecular weight is 369 g/mol. The molecular formula is C17H25BrN2O2. The van der Waals surface area contributed by atoms with E-state index in [1.54, 1.807) is 0 Å². The first-order chi connectivity index (χ1) is 10.5. The number of aryl methyl sites for hydroxylation is 1. The maximum absolute atomic E-state index is 12.3. The lowest BCUT2D eigenvalue weighted by Gasteiger charge is -2.34. The summed E-state index contributed by atoms with van der Waals surface area (Å²) in [7, 11) is 0. The SMILES string of the molecule is Cc1ccc(OCCC(=O)N2CCCC(C(C)N)C2)c(Br)c1. The van der Waals surface area contributed by atoms with Crippen molar-refractivity contribution >= 4 is 21.8 Å². The highest BCUT2D eigenvalue weighted by Gasteiger charge is 2.25. The van der Waals surface area contributed by atoms with Crippen LogP contribution in [0.5, 0.6) is 5.75 Å². The van der Waals surface area contributed by atoms with Crippen molar-refractivity contribution in [2.75, 3.05) is 19.7 Å². The number of rotatable bonds is 5. The van der Waals surface area contributed by atoms with Gasteiger partial charge in [0.15, 0.2) is 0 Å². The Balaban J connectivity index is 1.80. The van der Waals surface area contributed by atoms with Gasteiger partial charge in [-0.15, -0.1) is 0 Å². The molecule has 4 nitrogen and oxygen atoms in total. The van der Waals surface area contributed by atoms with E-state index in [1.165, 1.54) is 5.56 Å². The van der Waals surface area contributed by atoms with Crippen LogP contribution in [0, 0.1) is 12.8 Å². The third kappa shape index (κ3) is 4.71. The van der Waals surface area contributed by atoms with Crippen LogP contribution in [-0.2, 0) is 4.79 Å². The Bertz CT molecular complexity index is 519. The number of piperidine rings is 1. The van der Waals surface area contributed by atoms with Gasteiger partial charge in [-0.1, -0.05) is 6.07 Å². The van der Waals surface area contributed by atoms with E-state index in [-0.39, 0.29) is 11.9 Å². The number of benzene rings is 1. The van der Waals surface area contributed by atoms with Gasteiger partial charge in [-0.3, -0.25) is 4.79 Å². The monoisotopic (exact) mass is 368 g/mol. The molecule has 1 amide bonds. The van der Waals surface area contributed by atoms with Crippen LogP contribution in [0.15, 0.2) is 22.7 Å². The number of hydrogen-bond donors (Lipinski definition) is 1. The van der Waals surface area contributed by atoms with Gasteiger partial charge in [0.1, 0.15) is 5.75 Å².